The number of hydrogen-bond donors (Lipinski definition) is 0. The number of aryl methyl sites for hydroxylation is 2. The Labute approximate surface area is 103 Å². The molecule has 17 heavy (non-hydrogen) atoms. The van der Waals surface area contributed by atoms with Gasteiger partial charge in [0.2, 0.25) is 0 Å². The van der Waals surface area contributed by atoms with Crippen LogP contribution in [0.5, 0.6) is 0 Å². The molecule has 0 aliphatic carbocycles. The van der Waals surface area contributed by atoms with E-state index in [0.717, 1.165) is 28.1 Å². The lowest BCUT2D eigenvalue weighted by molar-refractivity contribution is 0.0175. The number of nitrogens with zero attached hydrogens (tertiary/aromatic N) is 1. The largest absolute Gasteiger partial charge is 0.270 e. The van der Waals surface area contributed by atoms with E-state index in [1.54, 1.807) is 23.5 Å². The topological polar surface area (TPSA) is 12.9 Å². The molecule has 1 nitrogen and oxygen atoms in total. The Bertz CT molecular complexity index is 504. The van der Waals surface area contributed by atoms with Crippen molar-refractivity contribution < 1.29 is 8.78 Å². The first-order valence-electron chi connectivity index (χ1n) is 5.30. The number of benzene rings is 1. The van der Waals surface area contributed by atoms with Gasteiger partial charge in [0.25, 0.3) is 5.92 Å². The van der Waals surface area contributed by atoms with Crippen LogP contribution in [0.25, 0.3) is 10.6 Å². The lowest BCUT2D eigenvalue weighted by Crippen LogP contribution is -2.06. The molecule has 0 N–H and O–H groups in total. The molecule has 0 radical (unpaired) electrons. The van der Waals surface area contributed by atoms with Crippen LogP contribution < -0.4 is 0 Å². The average molecular weight is 253 g/mol. The molecule has 1 heterocycles. The van der Waals surface area contributed by atoms with Gasteiger partial charge in [-0.25, -0.2) is 13.8 Å². The second-order valence-electron chi connectivity index (χ2n) is 4.13. The summed E-state index contributed by atoms with van der Waals surface area (Å²) in [5, 5.41) is 0.881. The number of hydrogen-bond acceptors (Lipinski definition) is 2. The van der Waals surface area contributed by atoms with Crippen molar-refractivity contribution in [2.75, 3.05) is 0 Å². The van der Waals surface area contributed by atoms with Crippen molar-refractivity contribution in [3.05, 3.63) is 40.4 Å². The predicted molar refractivity (Wildman–Crippen MR) is 66.6 cm³/mol. The SMILES string of the molecule is Cc1nc(-c2ccc(C(C)(F)F)cc2)sc1C. The molecule has 0 aliphatic heterocycles. The third-order valence-electron chi connectivity index (χ3n) is 2.67. The van der Waals surface area contributed by atoms with Crippen molar-refractivity contribution in [2.45, 2.75) is 26.7 Å². The molecular weight excluding hydrogens is 240 g/mol. The summed E-state index contributed by atoms with van der Waals surface area (Å²) in [7, 11) is 0. The van der Waals surface area contributed by atoms with Gasteiger partial charge in [0.15, 0.2) is 0 Å². The van der Waals surface area contributed by atoms with E-state index in [2.05, 4.69) is 4.98 Å². The first kappa shape index (κ1) is 12.2. The number of aromatic nitrogens is 1. The van der Waals surface area contributed by atoms with E-state index in [-0.39, 0.29) is 5.56 Å². The molecular formula is C13H13F2NS. The van der Waals surface area contributed by atoms with Gasteiger partial charge in [-0.2, -0.15) is 0 Å². The van der Waals surface area contributed by atoms with E-state index in [1.165, 1.54) is 12.1 Å². The zero-order valence-corrected chi connectivity index (χ0v) is 10.7. The molecule has 0 atom stereocenters. The molecule has 1 aromatic heterocycles. The molecule has 4 heteroatoms. The second-order valence-corrected chi connectivity index (χ2v) is 5.33. The summed E-state index contributed by atoms with van der Waals surface area (Å²) in [6.07, 6.45) is 0. The standard InChI is InChI=1S/C13H13F2NS/c1-8-9(2)17-12(16-8)10-4-6-11(7-5-10)13(3,14)15/h4-7H,1-3H3. The molecule has 0 aliphatic rings. The maximum atomic E-state index is 13.0. The molecule has 2 aromatic rings. The molecule has 0 bridgehead atoms. The van der Waals surface area contributed by atoms with Crippen molar-refractivity contribution in [1.29, 1.82) is 0 Å². The van der Waals surface area contributed by atoms with E-state index in [1.807, 2.05) is 13.8 Å². The molecule has 2 rings (SSSR count). The monoisotopic (exact) mass is 253 g/mol. The number of alkyl halides is 2. The molecule has 0 spiro atoms. The fraction of sp³-hybridized carbons (Fsp3) is 0.308. The van der Waals surface area contributed by atoms with Crippen LogP contribution in [0.2, 0.25) is 0 Å². The van der Waals surface area contributed by atoms with Crippen LogP contribution >= 0.6 is 11.3 Å². The van der Waals surface area contributed by atoms with Gasteiger partial charge in [-0.15, -0.1) is 11.3 Å². The zero-order chi connectivity index (χ0) is 12.6. The Morgan fingerprint density at radius 3 is 2.12 bits per heavy atom. The maximum absolute atomic E-state index is 13.0. The van der Waals surface area contributed by atoms with Gasteiger partial charge in [-0.05, 0) is 13.8 Å². The predicted octanol–water partition coefficient (Wildman–Crippen LogP) is 4.54. The summed E-state index contributed by atoms with van der Waals surface area (Å²) < 4.78 is 26.1. The number of halogens is 2. The van der Waals surface area contributed by atoms with Gasteiger partial charge in [-0.3, -0.25) is 0 Å². The van der Waals surface area contributed by atoms with Crippen molar-refractivity contribution in [1.82, 2.24) is 4.98 Å². The summed E-state index contributed by atoms with van der Waals surface area (Å²) in [6.45, 7) is 4.86. The van der Waals surface area contributed by atoms with Gasteiger partial charge in [0.1, 0.15) is 5.01 Å². The Balaban J connectivity index is 2.36. The first-order chi connectivity index (χ1) is 7.88. The lowest BCUT2D eigenvalue weighted by atomic mass is 10.1. The highest BCUT2D eigenvalue weighted by atomic mass is 32.1. The minimum absolute atomic E-state index is 0.0336. The number of rotatable bonds is 2. The zero-order valence-electron chi connectivity index (χ0n) is 9.92. The molecule has 90 valence electrons. The molecule has 0 saturated heterocycles. The number of thiazole rings is 1. The Kier molecular flexibility index (Phi) is 3.00. The van der Waals surface area contributed by atoms with Crippen molar-refractivity contribution in [2.24, 2.45) is 0 Å². The summed E-state index contributed by atoms with van der Waals surface area (Å²) >= 11 is 1.58. The third-order valence-corrected chi connectivity index (χ3v) is 3.79. The van der Waals surface area contributed by atoms with E-state index in [4.69, 9.17) is 0 Å². The van der Waals surface area contributed by atoms with Crippen molar-refractivity contribution in [3.63, 3.8) is 0 Å². The quantitative estimate of drug-likeness (QED) is 0.765. The van der Waals surface area contributed by atoms with E-state index in [9.17, 15) is 8.78 Å². The normalized spacial score (nSPS) is 11.8. The van der Waals surface area contributed by atoms with Gasteiger partial charge >= 0.3 is 0 Å². The highest BCUT2D eigenvalue weighted by molar-refractivity contribution is 7.15. The van der Waals surface area contributed by atoms with Gasteiger partial charge in [0.05, 0.1) is 5.69 Å². The van der Waals surface area contributed by atoms with Crippen LogP contribution in [0.3, 0.4) is 0 Å². The molecule has 0 unspecified atom stereocenters. The van der Waals surface area contributed by atoms with E-state index < -0.39 is 5.92 Å². The fourth-order valence-corrected chi connectivity index (χ4v) is 2.42. The van der Waals surface area contributed by atoms with Crippen LogP contribution in [-0.2, 0) is 5.92 Å². The highest BCUT2D eigenvalue weighted by Crippen LogP contribution is 2.31. The van der Waals surface area contributed by atoms with Crippen LogP contribution in [-0.4, -0.2) is 4.98 Å². The van der Waals surface area contributed by atoms with Crippen molar-refractivity contribution in [3.8, 4) is 10.6 Å². The third kappa shape index (κ3) is 2.52. The van der Waals surface area contributed by atoms with Crippen LogP contribution in [0.15, 0.2) is 24.3 Å². The summed E-state index contributed by atoms with van der Waals surface area (Å²) in [5.41, 5.74) is 1.92. The minimum Gasteiger partial charge on any atom is -0.241 e. The maximum Gasteiger partial charge on any atom is 0.270 e. The van der Waals surface area contributed by atoms with Crippen LogP contribution in [0.1, 0.15) is 23.1 Å². The fourth-order valence-electron chi connectivity index (χ4n) is 1.50. The van der Waals surface area contributed by atoms with Gasteiger partial charge in [-0.1, -0.05) is 24.3 Å². The molecule has 1 aromatic carbocycles. The summed E-state index contributed by atoms with van der Waals surface area (Å²) in [5.74, 6) is -2.78. The van der Waals surface area contributed by atoms with E-state index >= 15 is 0 Å². The van der Waals surface area contributed by atoms with Gasteiger partial charge in [0, 0.05) is 22.9 Å². The smallest absolute Gasteiger partial charge is 0.241 e. The first-order valence-corrected chi connectivity index (χ1v) is 6.12. The Hall–Kier alpha value is -1.29. The minimum atomic E-state index is -2.78. The second kappa shape index (κ2) is 4.18. The van der Waals surface area contributed by atoms with Crippen LogP contribution in [0, 0.1) is 13.8 Å². The molecule has 0 amide bonds. The molecule has 0 fully saturated rings. The average Bonchev–Trinajstić information content (AvgIpc) is 2.58. The van der Waals surface area contributed by atoms with E-state index in [0.29, 0.717) is 0 Å². The van der Waals surface area contributed by atoms with Gasteiger partial charge < -0.3 is 0 Å². The lowest BCUT2D eigenvalue weighted by Gasteiger charge is -2.10. The molecule has 0 saturated carbocycles. The highest BCUT2D eigenvalue weighted by Gasteiger charge is 2.23. The summed E-state index contributed by atoms with van der Waals surface area (Å²) in [4.78, 5) is 5.56. The van der Waals surface area contributed by atoms with Crippen molar-refractivity contribution >= 4 is 11.3 Å². The Morgan fingerprint density at radius 1 is 1.12 bits per heavy atom. The summed E-state index contributed by atoms with van der Waals surface area (Å²) in [6, 6.07) is 6.32. The van der Waals surface area contributed by atoms with Crippen LogP contribution in [0.4, 0.5) is 8.78 Å². The Morgan fingerprint density at radius 2 is 1.71 bits per heavy atom.